The number of hydrogen-bond acceptors (Lipinski definition) is 5. The molecule has 2 N–H and O–H groups in total. The Morgan fingerprint density at radius 2 is 1.68 bits per heavy atom. The molecule has 7 nitrogen and oxygen atoms in total. The standard InChI is InChI=1S/C21H16N4O3/c26-20(18-13-22-16-4-1-2-5-17(16)25-18)23-12-14-7-9-15(10-8-14)24-21(27)19-6-3-11-28-19/h1-11,13H,12H2,(H,23,26)(H,24,27). The van der Waals surface area contributed by atoms with E-state index < -0.39 is 0 Å². The highest BCUT2D eigenvalue weighted by Crippen LogP contribution is 2.12. The molecule has 7 heteroatoms. The first kappa shape index (κ1) is 17.4. The third kappa shape index (κ3) is 3.88. The monoisotopic (exact) mass is 372 g/mol. The predicted octanol–water partition coefficient (Wildman–Crippen LogP) is 3.41. The number of carbonyl (C=O) groups excluding carboxylic acids is 2. The summed E-state index contributed by atoms with van der Waals surface area (Å²) >= 11 is 0. The van der Waals surface area contributed by atoms with Crippen molar-refractivity contribution < 1.29 is 14.0 Å². The Labute approximate surface area is 160 Å². The fourth-order valence-electron chi connectivity index (χ4n) is 2.65. The summed E-state index contributed by atoms with van der Waals surface area (Å²) in [5.41, 5.74) is 3.20. The lowest BCUT2D eigenvalue weighted by Crippen LogP contribution is -2.24. The van der Waals surface area contributed by atoms with Gasteiger partial charge in [0, 0.05) is 12.2 Å². The Kier molecular flexibility index (Phi) is 4.79. The number of nitrogens with zero attached hydrogens (tertiary/aromatic N) is 2. The summed E-state index contributed by atoms with van der Waals surface area (Å²) in [4.78, 5) is 32.8. The molecule has 0 atom stereocenters. The maximum absolute atomic E-state index is 12.3. The topological polar surface area (TPSA) is 97.1 Å². The molecule has 4 rings (SSSR count). The van der Waals surface area contributed by atoms with E-state index >= 15 is 0 Å². The predicted molar refractivity (Wildman–Crippen MR) is 104 cm³/mol. The van der Waals surface area contributed by atoms with E-state index in [-0.39, 0.29) is 23.3 Å². The van der Waals surface area contributed by atoms with Crippen LogP contribution in [0, 0.1) is 0 Å². The van der Waals surface area contributed by atoms with E-state index in [2.05, 4.69) is 20.6 Å². The lowest BCUT2D eigenvalue weighted by molar-refractivity contribution is 0.0945. The lowest BCUT2D eigenvalue weighted by atomic mass is 10.2. The summed E-state index contributed by atoms with van der Waals surface area (Å²) < 4.78 is 5.05. The van der Waals surface area contributed by atoms with Crippen LogP contribution in [-0.4, -0.2) is 21.8 Å². The van der Waals surface area contributed by atoms with Crippen LogP contribution in [0.25, 0.3) is 11.0 Å². The molecule has 0 spiro atoms. The average Bonchev–Trinajstić information content (AvgIpc) is 3.28. The van der Waals surface area contributed by atoms with Crippen LogP contribution in [0.2, 0.25) is 0 Å². The van der Waals surface area contributed by atoms with Gasteiger partial charge in [-0.15, -0.1) is 0 Å². The zero-order chi connectivity index (χ0) is 19.3. The fraction of sp³-hybridized carbons (Fsp3) is 0.0476. The highest BCUT2D eigenvalue weighted by Gasteiger charge is 2.10. The molecule has 2 aromatic carbocycles. The number of anilines is 1. The number of fused-ring (bicyclic) bond motifs is 1. The molecule has 0 fully saturated rings. The summed E-state index contributed by atoms with van der Waals surface area (Å²) in [6, 6.07) is 17.8. The quantitative estimate of drug-likeness (QED) is 0.560. The maximum Gasteiger partial charge on any atom is 0.291 e. The molecule has 2 heterocycles. The van der Waals surface area contributed by atoms with Gasteiger partial charge in [0.25, 0.3) is 11.8 Å². The molecule has 138 valence electrons. The third-order valence-electron chi connectivity index (χ3n) is 4.09. The Morgan fingerprint density at radius 3 is 2.43 bits per heavy atom. The summed E-state index contributed by atoms with van der Waals surface area (Å²) in [7, 11) is 0. The smallest absolute Gasteiger partial charge is 0.291 e. The van der Waals surface area contributed by atoms with Gasteiger partial charge in [0.15, 0.2) is 5.76 Å². The first-order chi connectivity index (χ1) is 13.7. The van der Waals surface area contributed by atoms with Gasteiger partial charge in [0.1, 0.15) is 5.69 Å². The minimum atomic E-state index is -0.319. The van der Waals surface area contributed by atoms with Gasteiger partial charge in [-0.3, -0.25) is 14.6 Å². The molecule has 0 saturated heterocycles. The summed E-state index contributed by atoms with van der Waals surface area (Å²) in [5.74, 6) is -0.373. The van der Waals surface area contributed by atoms with Gasteiger partial charge >= 0.3 is 0 Å². The average molecular weight is 372 g/mol. The van der Waals surface area contributed by atoms with Gasteiger partial charge in [-0.2, -0.15) is 0 Å². The third-order valence-corrected chi connectivity index (χ3v) is 4.09. The highest BCUT2D eigenvalue weighted by molar-refractivity contribution is 6.02. The second kappa shape index (κ2) is 7.71. The van der Waals surface area contributed by atoms with E-state index in [4.69, 9.17) is 4.42 Å². The van der Waals surface area contributed by atoms with Gasteiger partial charge in [-0.05, 0) is 42.0 Å². The first-order valence-corrected chi connectivity index (χ1v) is 8.63. The van der Waals surface area contributed by atoms with Crippen molar-refractivity contribution in [1.82, 2.24) is 15.3 Å². The normalized spacial score (nSPS) is 10.6. The molecule has 0 aliphatic heterocycles. The second-order valence-electron chi connectivity index (χ2n) is 6.05. The van der Waals surface area contributed by atoms with E-state index in [1.807, 2.05) is 36.4 Å². The number of benzene rings is 2. The van der Waals surface area contributed by atoms with Crippen LogP contribution >= 0.6 is 0 Å². The van der Waals surface area contributed by atoms with E-state index in [0.29, 0.717) is 17.7 Å². The summed E-state index contributed by atoms with van der Waals surface area (Å²) in [6.07, 6.45) is 2.91. The van der Waals surface area contributed by atoms with Crippen LogP contribution in [-0.2, 0) is 6.54 Å². The molecule has 0 saturated carbocycles. The Bertz CT molecular complexity index is 1120. The molecule has 2 amide bonds. The van der Waals surface area contributed by atoms with Crippen molar-refractivity contribution in [3.05, 3.63) is 90.1 Å². The number of rotatable bonds is 5. The summed E-state index contributed by atoms with van der Waals surface area (Å²) in [5, 5.41) is 5.56. The van der Waals surface area contributed by atoms with E-state index in [1.54, 1.807) is 24.3 Å². The molecule has 0 bridgehead atoms. The number of amides is 2. The van der Waals surface area contributed by atoms with Crippen molar-refractivity contribution in [2.75, 3.05) is 5.32 Å². The van der Waals surface area contributed by atoms with Crippen LogP contribution in [0.3, 0.4) is 0 Å². The molecular formula is C21H16N4O3. The van der Waals surface area contributed by atoms with Crippen molar-refractivity contribution in [3.8, 4) is 0 Å². The van der Waals surface area contributed by atoms with Crippen molar-refractivity contribution >= 4 is 28.5 Å². The van der Waals surface area contributed by atoms with Crippen LogP contribution in [0.15, 0.2) is 77.5 Å². The molecule has 28 heavy (non-hydrogen) atoms. The number of aromatic nitrogens is 2. The van der Waals surface area contributed by atoms with Crippen LogP contribution in [0.4, 0.5) is 5.69 Å². The van der Waals surface area contributed by atoms with Crippen molar-refractivity contribution in [2.24, 2.45) is 0 Å². The number of para-hydroxylation sites is 2. The molecular weight excluding hydrogens is 356 g/mol. The van der Waals surface area contributed by atoms with Crippen LogP contribution < -0.4 is 10.6 Å². The number of furan rings is 1. The Morgan fingerprint density at radius 1 is 0.893 bits per heavy atom. The van der Waals surface area contributed by atoms with E-state index in [9.17, 15) is 9.59 Å². The van der Waals surface area contributed by atoms with Gasteiger partial charge in [0.2, 0.25) is 0 Å². The van der Waals surface area contributed by atoms with Gasteiger partial charge in [-0.1, -0.05) is 24.3 Å². The van der Waals surface area contributed by atoms with Crippen molar-refractivity contribution in [2.45, 2.75) is 6.54 Å². The van der Waals surface area contributed by atoms with Crippen molar-refractivity contribution in [1.29, 1.82) is 0 Å². The Balaban J connectivity index is 1.36. The van der Waals surface area contributed by atoms with Crippen LogP contribution in [0.1, 0.15) is 26.6 Å². The second-order valence-corrected chi connectivity index (χ2v) is 6.05. The van der Waals surface area contributed by atoms with E-state index in [1.165, 1.54) is 12.5 Å². The molecule has 0 aliphatic rings. The SMILES string of the molecule is O=C(NCc1ccc(NC(=O)c2ccco2)cc1)c1cnc2ccccc2n1. The molecule has 2 aromatic heterocycles. The maximum atomic E-state index is 12.3. The van der Waals surface area contributed by atoms with E-state index in [0.717, 1.165) is 11.1 Å². The van der Waals surface area contributed by atoms with Gasteiger partial charge in [-0.25, -0.2) is 4.98 Å². The molecule has 4 aromatic rings. The number of hydrogen-bond donors (Lipinski definition) is 2. The summed E-state index contributed by atoms with van der Waals surface area (Å²) in [6.45, 7) is 0.333. The highest BCUT2D eigenvalue weighted by atomic mass is 16.3. The van der Waals surface area contributed by atoms with Crippen LogP contribution in [0.5, 0.6) is 0 Å². The molecule has 0 unspecified atom stereocenters. The zero-order valence-electron chi connectivity index (χ0n) is 14.8. The van der Waals surface area contributed by atoms with Crippen molar-refractivity contribution in [3.63, 3.8) is 0 Å². The first-order valence-electron chi connectivity index (χ1n) is 8.63. The lowest BCUT2D eigenvalue weighted by Gasteiger charge is -2.07. The largest absolute Gasteiger partial charge is 0.459 e. The number of nitrogens with one attached hydrogen (secondary N) is 2. The molecule has 0 aliphatic carbocycles. The van der Waals surface area contributed by atoms with Gasteiger partial charge < -0.3 is 15.1 Å². The number of carbonyl (C=O) groups is 2. The minimum absolute atomic E-state index is 0.243. The zero-order valence-corrected chi connectivity index (χ0v) is 14.8. The Hall–Kier alpha value is -4.00. The fourth-order valence-corrected chi connectivity index (χ4v) is 2.65. The molecule has 0 radical (unpaired) electrons. The minimum Gasteiger partial charge on any atom is -0.459 e. The van der Waals surface area contributed by atoms with Gasteiger partial charge in [0.05, 0.1) is 23.5 Å².